The molecule has 0 saturated carbocycles. The third-order valence-corrected chi connectivity index (χ3v) is 8.01. The van der Waals surface area contributed by atoms with Gasteiger partial charge in [-0.1, -0.05) is 37.0 Å². The van der Waals surface area contributed by atoms with Gasteiger partial charge >= 0.3 is 5.69 Å². The number of aromatic nitrogens is 3. The summed E-state index contributed by atoms with van der Waals surface area (Å²) < 4.78 is 34.6. The van der Waals surface area contributed by atoms with E-state index in [4.69, 9.17) is 27.9 Å². The summed E-state index contributed by atoms with van der Waals surface area (Å²) in [7, 11) is -3.99. The number of nitrogens with zero attached hydrogens (tertiary/aromatic N) is 3. The van der Waals surface area contributed by atoms with Gasteiger partial charge in [-0.25, -0.2) is 13.2 Å². The molecule has 1 saturated heterocycles. The van der Waals surface area contributed by atoms with E-state index in [9.17, 15) is 23.1 Å². The van der Waals surface area contributed by atoms with Crippen LogP contribution in [0.3, 0.4) is 0 Å². The molecule has 1 aromatic heterocycles. The van der Waals surface area contributed by atoms with Gasteiger partial charge in [-0.3, -0.25) is 9.78 Å². The van der Waals surface area contributed by atoms with Crippen LogP contribution in [0.15, 0.2) is 51.0 Å². The first kappa shape index (κ1) is 25.2. The average molecular weight is 541 g/mol. The molecule has 10 nitrogen and oxygen atoms in total. The van der Waals surface area contributed by atoms with E-state index >= 15 is 0 Å². The number of piperidine rings is 1. The van der Waals surface area contributed by atoms with Crippen LogP contribution in [-0.2, 0) is 10.0 Å². The summed E-state index contributed by atoms with van der Waals surface area (Å²) in [6.07, 6.45) is 2.55. The Morgan fingerprint density at radius 2 is 1.83 bits per heavy atom. The van der Waals surface area contributed by atoms with Crippen LogP contribution in [0.25, 0.3) is 5.69 Å². The number of nitrogens with one attached hydrogen (secondary N) is 1. The van der Waals surface area contributed by atoms with Crippen LogP contribution in [0, 0.1) is 5.41 Å². The van der Waals surface area contributed by atoms with E-state index in [2.05, 4.69) is 10.1 Å². The molecular weight excluding hydrogens is 519 g/mol. The van der Waals surface area contributed by atoms with Gasteiger partial charge in [-0.15, -0.1) is 0 Å². The Kier molecular flexibility index (Phi) is 6.71. The number of sulfonamides is 1. The Balaban J connectivity index is 1.67. The zero-order chi connectivity index (χ0) is 25.5. The standard InChI is InChI=1S/C22H22Cl2N4O6S/c1-22(2)6-3-7-27(12-22)35(32,33)18-10-14(4-5-17(18)29)34-20-15(23)8-13(9-16(20)24)28-21(31)26-19(30)11-25-28/h4-5,8-11,29H,3,6-7,12H2,1-2H3,(H,26,30,31). The molecule has 2 aromatic carbocycles. The van der Waals surface area contributed by atoms with Crippen molar-refractivity contribution in [2.45, 2.75) is 31.6 Å². The second kappa shape index (κ2) is 9.30. The average Bonchev–Trinajstić information content (AvgIpc) is 2.76. The van der Waals surface area contributed by atoms with Crippen molar-refractivity contribution in [2.75, 3.05) is 13.1 Å². The van der Waals surface area contributed by atoms with E-state index in [-0.39, 0.29) is 37.5 Å². The maximum absolute atomic E-state index is 13.3. The van der Waals surface area contributed by atoms with Crippen molar-refractivity contribution in [2.24, 2.45) is 5.41 Å². The maximum atomic E-state index is 13.3. The summed E-state index contributed by atoms with van der Waals surface area (Å²) in [5, 5.41) is 14.1. The highest BCUT2D eigenvalue weighted by atomic mass is 35.5. The summed E-state index contributed by atoms with van der Waals surface area (Å²) >= 11 is 12.7. The number of halogens is 2. The smallest absolute Gasteiger partial charge is 0.349 e. The van der Waals surface area contributed by atoms with E-state index in [1.165, 1.54) is 34.6 Å². The second-order valence-electron chi connectivity index (χ2n) is 8.93. The van der Waals surface area contributed by atoms with Crippen LogP contribution in [0.5, 0.6) is 17.2 Å². The Morgan fingerprint density at radius 3 is 2.46 bits per heavy atom. The van der Waals surface area contributed by atoms with Crippen LogP contribution in [0.4, 0.5) is 0 Å². The first-order valence-corrected chi connectivity index (χ1v) is 12.8. The minimum absolute atomic E-state index is 0.00247. The molecule has 0 atom stereocenters. The molecular formula is C22H22Cl2N4O6S. The van der Waals surface area contributed by atoms with Crippen molar-refractivity contribution in [3.8, 4) is 22.9 Å². The molecule has 0 radical (unpaired) electrons. The van der Waals surface area contributed by atoms with Gasteiger partial charge in [-0.05, 0) is 42.5 Å². The predicted molar refractivity (Wildman–Crippen MR) is 130 cm³/mol. The molecule has 2 heterocycles. The summed E-state index contributed by atoms with van der Waals surface area (Å²) in [5.74, 6) is -0.326. The van der Waals surface area contributed by atoms with Crippen molar-refractivity contribution in [3.05, 3.63) is 67.4 Å². The fraction of sp³-hybridized carbons (Fsp3) is 0.318. The number of phenolic OH excluding ortho intramolecular Hbond substituents is 1. The molecule has 3 aromatic rings. The van der Waals surface area contributed by atoms with Crippen LogP contribution in [0.2, 0.25) is 10.0 Å². The van der Waals surface area contributed by atoms with Crippen molar-refractivity contribution in [1.29, 1.82) is 0 Å². The minimum Gasteiger partial charge on any atom is -0.507 e. The summed E-state index contributed by atoms with van der Waals surface area (Å²) in [5.41, 5.74) is -1.45. The van der Waals surface area contributed by atoms with Crippen molar-refractivity contribution >= 4 is 33.2 Å². The van der Waals surface area contributed by atoms with E-state index in [1.807, 2.05) is 13.8 Å². The molecule has 0 amide bonds. The number of benzene rings is 2. The Hall–Kier alpha value is -2.86. The zero-order valence-corrected chi connectivity index (χ0v) is 21.1. The third-order valence-electron chi connectivity index (χ3n) is 5.58. The van der Waals surface area contributed by atoms with Crippen molar-refractivity contribution in [3.63, 3.8) is 0 Å². The number of hydrogen-bond donors (Lipinski definition) is 2. The topological polar surface area (TPSA) is 135 Å². The number of H-pyrrole nitrogens is 1. The lowest BCUT2D eigenvalue weighted by Crippen LogP contribution is -2.43. The first-order chi connectivity index (χ1) is 16.4. The van der Waals surface area contributed by atoms with Gasteiger partial charge in [0.05, 0.1) is 15.7 Å². The van der Waals surface area contributed by atoms with Gasteiger partial charge in [0.15, 0.2) is 5.75 Å². The molecule has 0 spiro atoms. The second-order valence-corrected chi connectivity index (χ2v) is 11.6. The van der Waals surface area contributed by atoms with Crippen LogP contribution in [-0.4, -0.2) is 45.7 Å². The SMILES string of the molecule is CC1(C)CCCN(S(=O)(=O)c2cc(Oc3c(Cl)cc(-n4ncc(=O)[nH]c4=O)cc3Cl)ccc2O)C1. The van der Waals surface area contributed by atoms with Gasteiger partial charge in [0.1, 0.15) is 22.6 Å². The summed E-state index contributed by atoms with van der Waals surface area (Å²) in [6, 6.07) is 6.51. The lowest BCUT2D eigenvalue weighted by atomic mass is 9.85. The number of rotatable bonds is 5. The van der Waals surface area contributed by atoms with Gasteiger partial charge in [0, 0.05) is 19.2 Å². The molecule has 1 aliphatic heterocycles. The Bertz CT molecular complexity index is 1490. The number of hydrogen-bond acceptors (Lipinski definition) is 7. The number of ether oxygens (including phenoxy) is 1. The molecule has 186 valence electrons. The molecule has 4 rings (SSSR count). The fourth-order valence-electron chi connectivity index (χ4n) is 3.90. The highest BCUT2D eigenvalue weighted by molar-refractivity contribution is 7.89. The van der Waals surface area contributed by atoms with Gasteiger partial charge < -0.3 is 9.84 Å². The highest BCUT2D eigenvalue weighted by Gasteiger charge is 2.35. The number of aromatic amines is 1. The minimum atomic E-state index is -3.99. The first-order valence-electron chi connectivity index (χ1n) is 10.6. The zero-order valence-electron chi connectivity index (χ0n) is 18.8. The monoisotopic (exact) mass is 540 g/mol. The molecule has 2 N–H and O–H groups in total. The lowest BCUT2D eigenvalue weighted by molar-refractivity contribution is 0.186. The van der Waals surface area contributed by atoms with E-state index in [0.717, 1.165) is 17.3 Å². The van der Waals surface area contributed by atoms with Crippen LogP contribution in [0.1, 0.15) is 26.7 Å². The molecule has 0 unspecified atom stereocenters. The molecule has 1 fully saturated rings. The lowest BCUT2D eigenvalue weighted by Gasteiger charge is -2.37. The van der Waals surface area contributed by atoms with Crippen molar-refractivity contribution in [1.82, 2.24) is 19.1 Å². The quantitative estimate of drug-likeness (QED) is 0.505. The van der Waals surface area contributed by atoms with E-state index in [1.54, 1.807) is 0 Å². The normalized spacial score (nSPS) is 16.2. The van der Waals surface area contributed by atoms with Gasteiger partial charge in [-0.2, -0.15) is 14.1 Å². The fourth-order valence-corrected chi connectivity index (χ4v) is 6.22. The van der Waals surface area contributed by atoms with Gasteiger partial charge in [0.25, 0.3) is 5.56 Å². The Labute approximate surface area is 210 Å². The third kappa shape index (κ3) is 5.22. The van der Waals surface area contributed by atoms with Crippen LogP contribution < -0.4 is 16.0 Å². The van der Waals surface area contributed by atoms with E-state index in [0.29, 0.717) is 19.5 Å². The highest BCUT2D eigenvalue weighted by Crippen LogP contribution is 2.40. The van der Waals surface area contributed by atoms with Crippen molar-refractivity contribution < 1.29 is 18.3 Å². The molecule has 1 aliphatic rings. The molecule has 13 heteroatoms. The van der Waals surface area contributed by atoms with E-state index < -0.39 is 27.0 Å². The Morgan fingerprint density at radius 1 is 1.14 bits per heavy atom. The molecule has 35 heavy (non-hydrogen) atoms. The molecule has 0 bridgehead atoms. The predicted octanol–water partition coefficient (Wildman–Crippen LogP) is 3.54. The maximum Gasteiger partial charge on any atom is 0.349 e. The summed E-state index contributed by atoms with van der Waals surface area (Å²) in [4.78, 5) is 25.1. The molecule has 0 aliphatic carbocycles. The number of aromatic hydroxyl groups is 1. The van der Waals surface area contributed by atoms with Gasteiger partial charge in [0.2, 0.25) is 10.0 Å². The van der Waals surface area contributed by atoms with Crippen LogP contribution >= 0.6 is 23.2 Å². The summed E-state index contributed by atoms with van der Waals surface area (Å²) in [6.45, 7) is 4.68. The largest absolute Gasteiger partial charge is 0.507 e. The number of phenols is 1.